The predicted molar refractivity (Wildman–Crippen MR) is 80.3 cm³/mol. The molecule has 0 aliphatic carbocycles. The maximum Gasteiger partial charge on any atom is 0.404 e. The molecule has 2 aromatic rings. The Morgan fingerprint density at radius 1 is 1.52 bits per heavy atom. The molecule has 116 valence electrons. The highest BCUT2D eigenvalue weighted by molar-refractivity contribution is 6.20. The minimum Gasteiger partial charge on any atom is -0.448 e. The van der Waals surface area contributed by atoms with Crippen LogP contribution in [0.5, 0.6) is 0 Å². The number of alkyl halides is 1. The number of halogens is 1. The van der Waals surface area contributed by atoms with Crippen LogP contribution in [0.3, 0.4) is 0 Å². The molecule has 7 nitrogen and oxygen atoms in total. The lowest BCUT2D eigenvalue weighted by Crippen LogP contribution is -2.18. The van der Waals surface area contributed by atoms with Gasteiger partial charge in [0.2, 0.25) is 0 Å². The van der Waals surface area contributed by atoms with Gasteiger partial charge in [-0.2, -0.15) is 5.10 Å². The molecular formula is C13H20ClN5O2. The Labute approximate surface area is 128 Å². The van der Waals surface area contributed by atoms with Gasteiger partial charge in [0.25, 0.3) is 0 Å². The van der Waals surface area contributed by atoms with Gasteiger partial charge in [0.15, 0.2) is 5.65 Å². The number of amides is 1. The predicted octanol–water partition coefficient (Wildman–Crippen LogP) is 2.12. The van der Waals surface area contributed by atoms with Crippen molar-refractivity contribution in [1.29, 1.82) is 0 Å². The van der Waals surface area contributed by atoms with Gasteiger partial charge in [-0.3, -0.25) is 4.68 Å². The van der Waals surface area contributed by atoms with E-state index >= 15 is 0 Å². The van der Waals surface area contributed by atoms with E-state index in [9.17, 15) is 4.79 Å². The fourth-order valence-electron chi connectivity index (χ4n) is 2.43. The van der Waals surface area contributed by atoms with Crippen LogP contribution in [0, 0.1) is 0 Å². The number of hydrogen-bond acceptors (Lipinski definition) is 4. The number of aromatic nitrogens is 4. The van der Waals surface area contributed by atoms with Gasteiger partial charge in [-0.25, -0.2) is 9.78 Å². The molecule has 21 heavy (non-hydrogen) atoms. The monoisotopic (exact) mass is 313 g/mol. The molecule has 2 heterocycles. The summed E-state index contributed by atoms with van der Waals surface area (Å²) in [6.45, 7) is 4.58. The van der Waals surface area contributed by atoms with Crippen molar-refractivity contribution in [3.63, 3.8) is 0 Å². The standard InChI is InChI=1S/C13H20ClN5O2/c1-4-5-9-10-12(18(3)17-9)19(6-7-21-13(15)20)11(16-10)8(2)14/h8H,4-7H2,1-3H3,(H2,15,20). The molecule has 0 radical (unpaired) electrons. The molecule has 0 bridgehead atoms. The highest BCUT2D eigenvalue weighted by Gasteiger charge is 2.21. The SMILES string of the molecule is CCCc1nn(C)c2c1nc(C(C)Cl)n2CCOC(N)=O. The number of hydrogen-bond donors (Lipinski definition) is 1. The molecule has 0 saturated heterocycles. The number of fused-ring (bicyclic) bond motifs is 1. The molecule has 0 aliphatic heterocycles. The van der Waals surface area contributed by atoms with E-state index in [0.717, 1.165) is 35.5 Å². The van der Waals surface area contributed by atoms with Crippen LogP contribution in [0.4, 0.5) is 4.79 Å². The summed E-state index contributed by atoms with van der Waals surface area (Å²) >= 11 is 6.21. The van der Waals surface area contributed by atoms with Crippen molar-refractivity contribution < 1.29 is 9.53 Å². The quantitative estimate of drug-likeness (QED) is 0.827. The second-order valence-electron chi connectivity index (χ2n) is 4.90. The molecule has 1 atom stereocenters. The number of rotatable bonds is 6. The Hall–Kier alpha value is -1.76. The molecule has 2 rings (SSSR count). The average molecular weight is 314 g/mol. The number of carbonyl (C=O) groups is 1. The molecule has 0 aliphatic rings. The van der Waals surface area contributed by atoms with Crippen molar-refractivity contribution in [2.45, 2.75) is 38.6 Å². The lowest BCUT2D eigenvalue weighted by atomic mass is 10.2. The van der Waals surface area contributed by atoms with Gasteiger partial charge >= 0.3 is 6.09 Å². The van der Waals surface area contributed by atoms with Gasteiger partial charge in [-0.15, -0.1) is 11.6 Å². The van der Waals surface area contributed by atoms with Gasteiger partial charge in [-0.05, 0) is 13.3 Å². The van der Waals surface area contributed by atoms with Crippen LogP contribution < -0.4 is 5.73 Å². The molecule has 1 unspecified atom stereocenters. The number of carbonyl (C=O) groups excluding carboxylic acids is 1. The Balaban J connectivity index is 2.44. The summed E-state index contributed by atoms with van der Waals surface area (Å²) in [7, 11) is 1.87. The van der Waals surface area contributed by atoms with Gasteiger partial charge in [0, 0.05) is 7.05 Å². The van der Waals surface area contributed by atoms with Gasteiger partial charge in [0.05, 0.1) is 17.6 Å². The molecule has 2 aromatic heterocycles. The van der Waals surface area contributed by atoms with Gasteiger partial charge in [0.1, 0.15) is 17.9 Å². The summed E-state index contributed by atoms with van der Waals surface area (Å²) < 4.78 is 8.54. The van der Waals surface area contributed by atoms with E-state index in [0.29, 0.717) is 6.54 Å². The second-order valence-corrected chi connectivity index (χ2v) is 5.55. The highest BCUT2D eigenvalue weighted by Crippen LogP contribution is 2.26. The minimum absolute atomic E-state index is 0.172. The number of ether oxygens (including phenoxy) is 1. The molecule has 0 spiro atoms. The first-order chi connectivity index (χ1) is 9.95. The van der Waals surface area contributed by atoms with E-state index in [1.165, 1.54) is 0 Å². The molecule has 1 amide bonds. The fraction of sp³-hybridized carbons (Fsp3) is 0.615. The minimum atomic E-state index is -0.788. The van der Waals surface area contributed by atoms with Crippen molar-refractivity contribution in [1.82, 2.24) is 19.3 Å². The van der Waals surface area contributed by atoms with Crippen molar-refractivity contribution in [2.24, 2.45) is 12.8 Å². The van der Waals surface area contributed by atoms with Gasteiger partial charge < -0.3 is 15.0 Å². The zero-order chi connectivity index (χ0) is 15.6. The summed E-state index contributed by atoms with van der Waals surface area (Å²) in [5.41, 5.74) is 7.69. The zero-order valence-corrected chi connectivity index (χ0v) is 13.2. The van der Waals surface area contributed by atoms with E-state index in [1.54, 1.807) is 4.68 Å². The number of aryl methyl sites for hydroxylation is 2. The molecular weight excluding hydrogens is 294 g/mol. The summed E-state index contributed by atoms with van der Waals surface area (Å²) in [5, 5.41) is 4.25. The van der Waals surface area contributed by atoms with Crippen molar-refractivity contribution in [3.8, 4) is 0 Å². The first kappa shape index (κ1) is 15.6. The lowest BCUT2D eigenvalue weighted by Gasteiger charge is -2.10. The number of nitrogens with two attached hydrogens (primary N) is 1. The lowest BCUT2D eigenvalue weighted by molar-refractivity contribution is 0.152. The van der Waals surface area contributed by atoms with E-state index < -0.39 is 6.09 Å². The van der Waals surface area contributed by atoms with E-state index in [-0.39, 0.29) is 12.0 Å². The van der Waals surface area contributed by atoms with Crippen LogP contribution in [-0.4, -0.2) is 32.0 Å². The summed E-state index contributed by atoms with van der Waals surface area (Å²) in [6.07, 6.45) is 1.07. The largest absolute Gasteiger partial charge is 0.448 e. The number of nitrogens with zero attached hydrogens (tertiary/aromatic N) is 4. The third-order valence-electron chi connectivity index (χ3n) is 3.22. The molecule has 0 saturated carbocycles. The summed E-state index contributed by atoms with van der Waals surface area (Å²) in [5.74, 6) is 0.741. The average Bonchev–Trinajstić information content (AvgIpc) is 2.90. The fourth-order valence-corrected chi connectivity index (χ4v) is 2.59. The van der Waals surface area contributed by atoms with E-state index in [2.05, 4.69) is 17.0 Å². The number of primary amides is 1. The zero-order valence-electron chi connectivity index (χ0n) is 12.5. The van der Waals surface area contributed by atoms with Crippen LogP contribution in [-0.2, 0) is 24.8 Å². The van der Waals surface area contributed by atoms with Crippen molar-refractivity contribution in [2.75, 3.05) is 6.61 Å². The normalized spacial score (nSPS) is 12.8. The van der Waals surface area contributed by atoms with Crippen molar-refractivity contribution >= 4 is 28.9 Å². The summed E-state index contributed by atoms with van der Waals surface area (Å²) in [6, 6.07) is 0. The van der Waals surface area contributed by atoms with Crippen LogP contribution in [0.25, 0.3) is 11.2 Å². The maximum absolute atomic E-state index is 10.7. The Morgan fingerprint density at radius 2 is 2.24 bits per heavy atom. The van der Waals surface area contributed by atoms with E-state index in [1.807, 2.05) is 18.5 Å². The molecule has 2 N–H and O–H groups in total. The second kappa shape index (κ2) is 6.34. The third-order valence-corrected chi connectivity index (χ3v) is 3.42. The highest BCUT2D eigenvalue weighted by atomic mass is 35.5. The Kier molecular flexibility index (Phi) is 4.72. The number of imidazole rings is 1. The third kappa shape index (κ3) is 3.12. The molecule has 8 heteroatoms. The smallest absolute Gasteiger partial charge is 0.404 e. The first-order valence-corrected chi connectivity index (χ1v) is 7.37. The van der Waals surface area contributed by atoms with Crippen LogP contribution in [0.15, 0.2) is 0 Å². The Bertz CT molecular complexity index is 647. The van der Waals surface area contributed by atoms with Crippen LogP contribution in [0.1, 0.15) is 37.2 Å². The van der Waals surface area contributed by atoms with Crippen LogP contribution >= 0.6 is 11.6 Å². The van der Waals surface area contributed by atoms with E-state index in [4.69, 9.17) is 22.1 Å². The van der Waals surface area contributed by atoms with Gasteiger partial charge in [-0.1, -0.05) is 13.3 Å². The molecule has 0 aromatic carbocycles. The first-order valence-electron chi connectivity index (χ1n) is 6.94. The summed E-state index contributed by atoms with van der Waals surface area (Å²) in [4.78, 5) is 15.3. The Morgan fingerprint density at radius 3 is 2.81 bits per heavy atom. The maximum atomic E-state index is 10.7. The topological polar surface area (TPSA) is 88.0 Å². The van der Waals surface area contributed by atoms with Crippen LogP contribution in [0.2, 0.25) is 0 Å². The van der Waals surface area contributed by atoms with Crippen molar-refractivity contribution in [3.05, 3.63) is 11.5 Å². The molecule has 0 fully saturated rings.